The van der Waals surface area contributed by atoms with Crippen LogP contribution in [-0.4, -0.2) is 62.5 Å². The Labute approximate surface area is 123 Å². The maximum Gasteiger partial charge on any atom is 0.105 e. The molecule has 1 N–H and O–H groups in total. The summed E-state index contributed by atoms with van der Waals surface area (Å²) in [5.74, 6) is 0. The lowest BCUT2D eigenvalue weighted by Crippen LogP contribution is -2.47. The molecule has 0 aromatic heterocycles. The molecule has 1 rings (SSSR count). The lowest BCUT2D eigenvalue weighted by Gasteiger charge is -2.31. The Balaban J connectivity index is 2.58. The fourth-order valence-corrected chi connectivity index (χ4v) is 2.86. The Morgan fingerprint density at radius 3 is 2.30 bits per heavy atom. The highest BCUT2D eigenvalue weighted by molar-refractivity contribution is 5.06. The molecule has 0 aromatic rings. The van der Waals surface area contributed by atoms with E-state index >= 15 is 0 Å². The second kappa shape index (κ2) is 7.94. The van der Waals surface area contributed by atoms with Crippen LogP contribution in [0.5, 0.6) is 0 Å². The van der Waals surface area contributed by atoms with Crippen LogP contribution < -0.4 is 5.32 Å². The molecule has 4 atom stereocenters. The maximum atomic E-state index is 9.42. The number of ether oxygens (including phenoxy) is 2. The topological polar surface area (TPSA) is 57.5 Å². The van der Waals surface area contributed by atoms with E-state index in [2.05, 4.69) is 30.1 Å². The first-order valence-electron chi connectivity index (χ1n) is 7.45. The van der Waals surface area contributed by atoms with Gasteiger partial charge in [-0.2, -0.15) is 5.26 Å². The predicted octanol–water partition coefficient (Wildman–Crippen LogP) is 1.39. The highest BCUT2D eigenvalue weighted by Crippen LogP contribution is 2.23. The van der Waals surface area contributed by atoms with E-state index < -0.39 is 5.54 Å². The summed E-state index contributed by atoms with van der Waals surface area (Å²) in [7, 11) is 3.46. The molecule has 5 nitrogen and oxygen atoms in total. The molecule has 4 unspecified atom stereocenters. The Bertz CT molecular complexity index is 320. The van der Waals surface area contributed by atoms with Gasteiger partial charge in [-0.3, -0.25) is 10.2 Å². The molecular formula is C15H29N3O2. The third-order valence-electron chi connectivity index (χ3n) is 4.19. The van der Waals surface area contributed by atoms with Crippen molar-refractivity contribution in [3.8, 4) is 6.07 Å². The number of nitrogens with one attached hydrogen (secondary N) is 1. The summed E-state index contributed by atoms with van der Waals surface area (Å²) >= 11 is 0. The number of nitriles is 1. The Morgan fingerprint density at radius 1 is 1.35 bits per heavy atom. The first kappa shape index (κ1) is 17.4. The molecule has 0 radical (unpaired) electrons. The van der Waals surface area contributed by atoms with Crippen molar-refractivity contribution >= 4 is 0 Å². The van der Waals surface area contributed by atoms with Gasteiger partial charge in [0.25, 0.3) is 0 Å². The van der Waals surface area contributed by atoms with Crippen molar-refractivity contribution in [2.24, 2.45) is 0 Å². The highest BCUT2D eigenvalue weighted by Gasteiger charge is 2.37. The minimum absolute atomic E-state index is 0.124. The minimum Gasteiger partial charge on any atom is -0.377 e. The number of nitrogens with zero attached hydrogens (tertiary/aromatic N) is 2. The van der Waals surface area contributed by atoms with Crippen molar-refractivity contribution in [2.75, 3.05) is 33.9 Å². The third kappa shape index (κ3) is 4.42. The van der Waals surface area contributed by atoms with Gasteiger partial charge in [0.2, 0.25) is 0 Å². The molecule has 5 heteroatoms. The fraction of sp³-hybridized carbons (Fsp3) is 0.933. The Morgan fingerprint density at radius 2 is 1.90 bits per heavy atom. The van der Waals surface area contributed by atoms with Gasteiger partial charge in [-0.15, -0.1) is 0 Å². The average molecular weight is 283 g/mol. The summed E-state index contributed by atoms with van der Waals surface area (Å²) in [5, 5.41) is 12.8. The van der Waals surface area contributed by atoms with Crippen LogP contribution in [0.2, 0.25) is 0 Å². The van der Waals surface area contributed by atoms with Crippen LogP contribution in [0, 0.1) is 11.3 Å². The summed E-state index contributed by atoms with van der Waals surface area (Å²) < 4.78 is 10.9. The lowest BCUT2D eigenvalue weighted by molar-refractivity contribution is -0.00461. The van der Waals surface area contributed by atoms with Gasteiger partial charge in [0, 0.05) is 33.4 Å². The molecule has 0 aliphatic carbocycles. The Kier molecular flexibility index (Phi) is 6.90. The largest absolute Gasteiger partial charge is 0.377 e. The normalized spacial score (nSPS) is 28.0. The molecule has 0 amide bonds. The Hall–Kier alpha value is -0.670. The predicted molar refractivity (Wildman–Crippen MR) is 79.6 cm³/mol. The van der Waals surface area contributed by atoms with Gasteiger partial charge in [0.15, 0.2) is 0 Å². The molecule has 1 aliphatic rings. The monoisotopic (exact) mass is 283 g/mol. The van der Waals surface area contributed by atoms with Crippen LogP contribution in [0.25, 0.3) is 0 Å². The standard InChI is InChI=1S/C15H29N3O2/c1-6-7-17-15(3,11-16)8-12(2)18-9-13(19-4)14(10-18)20-5/h12-14,17H,6-10H2,1-5H3. The summed E-state index contributed by atoms with van der Waals surface area (Å²) in [6, 6.07) is 2.74. The van der Waals surface area contributed by atoms with E-state index in [9.17, 15) is 5.26 Å². The van der Waals surface area contributed by atoms with Crippen LogP contribution in [-0.2, 0) is 9.47 Å². The summed E-state index contributed by atoms with van der Waals surface area (Å²) in [4.78, 5) is 2.35. The summed E-state index contributed by atoms with van der Waals surface area (Å²) in [6.45, 7) is 8.88. The molecule has 1 aliphatic heterocycles. The van der Waals surface area contributed by atoms with E-state index in [0.29, 0.717) is 6.04 Å². The average Bonchev–Trinajstić information content (AvgIpc) is 2.88. The van der Waals surface area contributed by atoms with E-state index in [1.54, 1.807) is 14.2 Å². The molecule has 0 spiro atoms. The molecule has 0 aromatic carbocycles. The lowest BCUT2D eigenvalue weighted by atomic mass is 9.94. The quantitative estimate of drug-likeness (QED) is 0.729. The zero-order chi connectivity index (χ0) is 15.2. The van der Waals surface area contributed by atoms with Crippen LogP contribution in [0.15, 0.2) is 0 Å². The molecule has 1 saturated heterocycles. The maximum absolute atomic E-state index is 9.42. The molecule has 1 fully saturated rings. The van der Waals surface area contributed by atoms with Crippen molar-refractivity contribution in [2.45, 2.75) is 57.4 Å². The molecule has 0 bridgehead atoms. The molecule has 116 valence electrons. The van der Waals surface area contributed by atoms with Crippen molar-refractivity contribution in [1.29, 1.82) is 5.26 Å². The number of methoxy groups -OCH3 is 2. The molecule has 1 heterocycles. The SMILES string of the molecule is CCCNC(C)(C#N)CC(C)N1CC(OC)C(OC)C1. The van der Waals surface area contributed by atoms with E-state index in [1.165, 1.54) is 0 Å². The van der Waals surface area contributed by atoms with Crippen molar-refractivity contribution in [3.63, 3.8) is 0 Å². The van der Waals surface area contributed by atoms with Gasteiger partial charge in [-0.05, 0) is 33.2 Å². The van der Waals surface area contributed by atoms with Gasteiger partial charge in [0.05, 0.1) is 18.3 Å². The molecule has 0 saturated carbocycles. The third-order valence-corrected chi connectivity index (χ3v) is 4.19. The van der Waals surface area contributed by atoms with E-state index in [-0.39, 0.29) is 12.2 Å². The van der Waals surface area contributed by atoms with Gasteiger partial charge in [-0.1, -0.05) is 6.92 Å². The first-order valence-corrected chi connectivity index (χ1v) is 7.45. The van der Waals surface area contributed by atoms with Crippen LogP contribution in [0.3, 0.4) is 0 Å². The number of hydrogen-bond donors (Lipinski definition) is 1. The van der Waals surface area contributed by atoms with Gasteiger partial charge < -0.3 is 9.47 Å². The van der Waals surface area contributed by atoms with E-state index in [4.69, 9.17) is 9.47 Å². The highest BCUT2D eigenvalue weighted by atomic mass is 16.5. The van der Waals surface area contributed by atoms with Crippen LogP contribution in [0.1, 0.15) is 33.6 Å². The second-order valence-corrected chi connectivity index (χ2v) is 5.93. The molecule has 20 heavy (non-hydrogen) atoms. The van der Waals surface area contributed by atoms with Gasteiger partial charge >= 0.3 is 0 Å². The fourth-order valence-electron chi connectivity index (χ4n) is 2.86. The van der Waals surface area contributed by atoms with Crippen molar-refractivity contribution in [3.05, 3.63) is 0 Å². The number of likely N-dealkylation sites (tertiary alicyclic amines) is 1. The van der Waals surface area contributed by atoms with Crippen molar-refractivity contribution in [1.82, 2.24) is 10.2 Å². The zero-order valence-electron chi connectivity index (χ0n) is 13.5. The summed E-state index contributed by atoms with van der Waals surface area (Å²) in [5.41, 5.74) is -0.469. The van der Waals surface area contributed by atoms with E-state index in [0.717, 1.165) is 32.5 Å². The van der Waals surface area contributed by atoms with Crippen LogP contribution >= 0.6 is 0 Å². The zero-order valence-corrected chi connectivity index (χ0v) is 13.5. The van der Waals surface area contributed by atoms with Crippen molar-refractivity contribution < 1.29 is 9.47 Å². The second-order valence-electron chi connectivity index (χ2n) is 5.93. The van der Waals surface area contributed by atoms with Crippen LogP contribution in [0.4, 0.5) is 0 Å². The van der Waals surface area contributed by atoms with E-state index in [1.807, 2.05) is 6.92 Å². The van der Waals surface area contributed by atoms with Gasteiger partial charge in [0.1, 0.15) is 5.54 Å². The minimum atomic E-state index is -0.469. The smallest absolute Gasteiger partial charge is 0.105 e. The van der Waals surface area contributed by atoms with Gasteiger partial charge in [-0.25, -0.2) is 0 Å². The molecular weight excluding hydrogens is 254 g/mol. The first-order chi connectivity index (χ1) is 9.49. The number of rotatable bonds is 8. The summed E-state index contributed by atoms with van der Waals surface area (Å²) in [6.07, 6.45) is 2.09. The number of hydrogen-bond acceptors (Lipinski definition) is 5.